The molecule has 1 aromatic carbocycles. The van der Waals surface area contributed by atoms with Crippen LogP contribution in [0.25, 0.3) is 6.08 Å². The molecule has 0 saturated carbocycles. The molecule has 124 valence electrons. The maximum absolute atomic E-state index is 11.7. The Balaban J connectivity index is 1.83. The number of methoxy groups -OCH3 is 1. The number of hydrogen-bond acceptors (Lipinski definition) is 5. The quantitative estimate of drug-likeness (QED) is 0.642. The van der Waals surface area contributed by atoms with Gasteiger partial charge in [-0.1, -0.05) is 29.8 Å². The average molecular weight is 347 g/mol. The first-order valence-electron chi connectivity index (χ1n) is 6.98. The summed E-state index contributed by atoms with van der Waals surface area (Å²) in [5, 5.41) is 2.95. The van der Waals surface area contributed by atoms with Crippen LogP contribution in [0.15, 0.2) is 48.7 Å². The Morgan fingerprint density at radius 3 is 2.75 bits per heavy atom. The molecule has 0 aliphatic heterocycles. The molecule has 6 nitrogen and oxygen atoms in total. The SMILES string of the molecule is COc1ccccc1/C=C/C(=O)OCC(=O)Nc1ccc(Cl)cn1. The van der Waals surface area contributed by atoms with Gasteiger partial charge in [-0.05, 0) is 24.3 Å². The summed E-state index contributed by atoms with van der Waals surface area (Å²) in [5.41, 5.74) is 0.728. The van der Waals surface area contributed by atoms with Gasteiger partial charge in [-0.2, -0.15) is 0 Å². The summed E-state index contributed by atoms with van der Waals surface area (Å²) < 4.78 is 10.0. The summed E-state index contributed by atoms with van der Waals surface area (Å²) in [6, 6.07) is 10.3. The molecule has 0 bridgehead atoms. The number of aromatic nitrogens is 1. The molecule has 0 saturated heterocycles. The van der Waals surface area contributed by atoms with Crippen molar-refractivity contribution < 1.29 is 19.1 Å². The minimum atomic E-state index is -0.639. The van der Waals surface area contributed by atoms with E-state index in [0.717, 1.165) is 5.56 Å². The predicted octanol–water partition coefficient (Wildman–Crippen LogP) is 2.94. The Labute approximate surface area is 144 Å². The van der Waals surface area contributed by atoms with Crippen molar-refractivity contribution in [2.24, 2.45) is 0 Å². The van der Waals surface area contributed by atoms with Crippen molar-refractivity contribution in [3.63, 3.8) is 0 Å². The van der Waals surface area contributed by atoms with Crippen molar-refractivity contribution >= 4 is 35.4 Å². The second-order valence-electron chi connectivity index (χ2n) is 4.59. The lowest BCUT2D eigenvalue weighted by atomic mass is 10.2. The molecule has 2 rings (SSSR count). The third-order valence-corrected chi connectivity index (χ3v) is 3.10. The van der Waals surface area contributed by atoms with Crippen molar-refractivity contribution in [2.75, 3.05) is 19.0 Å². The average Bonchev–Trinajstić information content (AvgIpc) is 2.60. The van der Waals surface area contributed by atoms with E-state index in [1.165, 1.54) is 12.3 Å². The van der Waals surface area contributed by atoms with Crippen LogP contribution in [0.1, 0.15) is 5.56 Å². The first-order valence-corrected chi connectivity index (χ1v) is 7.35. The Hall–Kier alpha value is -2.86. The van der Waals surface area contributed by atoms with Crippen molar-refractivity contribution in [3.8, 4) is 5.75 Å². The number of nitrogens with zero attached hydrogens (tertiary/aromatic N) is 1. The summed E-state index contributed by atoms with van der Waals surface area (Å²) in [5.74, 6) is -0.179. The largest absolute Gasteiger partial charge is 0.496 e. The molecule has 2 aromatic rings. The van der Waals surface area contributed by atoms with Crippen molar-refractivity contribution in [1.29, 1.82) is 0 Å². The van der Waals surface area contributed by atoms with Crippen LogP contribution in [-0.4, -0.2) is 30.6 Å². The fraction of sp³-hybridized carbons (Fsp3) is 0.118. The van der Waals surface area contributed by atoms with E-state index in [4.69, 9.17) is 21.1 Å². The van der Waals surface area contributed by atoms with E-state index >= 15 is 0 Å². The second kappa shape index (κ2) is 8.69. The van der Waals surface area contributed by atoms with Gasteiger partial charge in [0.2, 0.25) is 0 Å². The van der Waals surface area contributed by atoms with Gasteiger partial charge in [0.1, 0.15) is 11.6 Å². The molecule has 24 heavy (non-hydrogen) atoms. The van der Waals surface area contributed by atoms with Gasteiger partial charge in [-0.25, -0.2) is 9.78 Å². The molecule has 0 aliphatic rings. The standard InChI is InChI=1S/C17H15ClN2O4/c1-23-14-5-3-2-4-12(14)6-9-17(22)24-11-16(21)20-15-8-7-13(18)10-19-15/h2-10H,11H2,1H3,(H,19,20,21)/b9-6+. The number of hydrogen-bond donors (Lipinski definition) is 1. The summed E-state index contributed by atoms with van der Waals surface area (Å²) in [6.45, 7) is -0.417. The zero-order chi connectivity index (χ0) is 17.4. The number of esters is 1. The van der Waals surface area contributed by atoms with E-state index in [1.807, 2.05) is 12.1 Å². The summed E-state index contributed by atoms with van der Waals surface area (Å²) in [7, 11) is 1.54. The van der Waals surface area contributed by atoms with Crippen LogP contribution in [-0.2, 0) is 14.3 Å². The van der Waals surface area contributed by atoms with Gasteiger partial charge in [-0.3, -0.25) is 4.79 Å². The third kappa shape index (κ3) is 5.40. The van der Waals surface area contributed by atoms with Crippen molar-refractivity contribution in [3.05, 3.63) is 59.3 Å². The zero-order valence-electron chi connectivity index (χ0n) is 12.9. The monoisotopic (exact) mass is 346 g/mol. The van der Waals surface area contributed by atoms with Gasteiger partial charge in [-0.15, -0.1) is 0 Å². The number of rotatable bonds is 6. The highest BCUT2D eigenvalue weighted by atomic mass is 35.5. The topological polar surface area (TPSA) is 77.5 Å². The maximum Gasteiger partial charge on any atom is 0.331 e. The summed E-state index contributed by atoms with van der Waals surface area (Å²) >= 11 is 5.70. The second-order valence-corrected chi connectivity index (χ2v) is 5.03. The van der Waals surface area contributed by atoms with Crippen molar-refractivity contribution in [1.82, 2.24) is 4.98 Å². The Kier molecular flexibility index (Phi) is 6.33. The van der Waals surface area contributed by atoms with Crippen LogP contribution in [0.5, 0.6) is 5.75 Å². The molecule has 1 aromatic heterocycles. The van der Waals surface area contributed by atoms with E-state index in [0.29, 0.717) is 16.6 Å². The summed E-state index contributed by atoms with van der Waals surface area (Å²) in [6.07, 6.45) is 4.19. The highest BCUT2D eigenvalue weighted by Crippen LogP contribution is 2.18. The van der Waals surface area contributed by atoms with Gasteiger partial charge in [0, 0.05) is 17.8 Å². The number of pyridine rings is 1. The Morgan fingerprint density at radius 1 is 1.25 bits per heavy atom. The lowest BCUT2D eigenvalue weighted by molar-refractivity contribution is -0.142. The van der Waals surface area contributed by atoms with Gasteiger partial charge >= 0.3 is 5.97 Å². The molecule has 0 fully saturated rings. The Bertz CT molecular complexity index is 745. The van der Waals surface area contributed by atoms with Gasteiger partial charge in [0.25, 0.3) is 5.91 Å². The molecule has 0 radical (unpaired) electrons. The lowest BCUT2D eigenvalue weighted by Crippen LogP contribution is -2.20. The number of nitrogens with one attached hydrogen (secondary N) is 1. The number of benzene rings is 1. The molecule has 0 aliphatic carbocycles. The summed E-state index contributed by atoms with van der Waals surface area (Å²) in [4.78, 5) is 27.2. The van der Waals surface area contributed by atoms with E-state index < -0.39 is 18.5 Å². The van der Waals surface area contributed by atoms with Crippen LogP contribution in [0.3, 0.4) is 0 Å². The predicted molar refractivity (Wildman–Crippen MR) is 90.9 cm³/mol. The fourth-order valence-electron chi connectivity index (χ4n) is 1.78. The van der Waals surface area contributed by atoms with Crippen LogP contribution >= 0.6 is 11.6 Å². The number of halogens is 1. The normalized spacial score (nSPS) is 10.4. The van der Waals surface area contributed by atoms with Gasteiger partial charge < -0.3 is 14.8 Å². The molecule has 1 heterocycles. The van der Waals surface area contributed by atoms with Crippen LogP contribution in [0, 0.1) is 0 Å². The maximum atomic E-state index is 11.7. The zero-order valence-corrected chi connectivity index (χ0v) is 13.6. The Morgan fingerprint density at radius 2 is 2.04 bits per heavy atom. The van der Waals surface area contributed by atoms with Crippen molar-refractivity contribution in [2.45, 2.75) is 0 Å². The molecule has 1 amide bonds. The number of ether oxygens (including phenoxy) is 2. The number of para-hydroxylation sites is 1. The molecule has 0 unspecified atom stereocenters. The van der Waals surface area contributed by atoms with E-state index in [9.17, 15) is 9.59 Å². The molecule has 0 atom stereocenters. The number of amides is 1. The highest BCUT2D eigenvalue weighted by Gasteiger charge is 2.07. The highest BCUT2D eigenvalue weighted by molar-refractivity contribution is 6.30. The molecule has 7 heteroatoms. The number of carbonyl (C=O) groups is 2. The first-order chi connectivity index (χ1) is 11.6. The molecule has 1 N–H and O–H groups in total. The minimum absolute atomic E-state index is 0.324. The first kappa shape index (κ1) is 17.5. The van der Waals surface area contributed by atoms with E-state index in [2.05, 4.69) is 10.3 Å². The van der Waals surface area contributed by atoms with E-state index in [1.54, 1.807) is 37.5 Å². The number of anilines is 1. The fourth-order valence-corrected chi connectivity index (χ4v) is 1.89. The lowest BCUT2D eigenvalue weighted by Gasteiger charge is -2.05. The van der Waals surface area contributed by atoms with Crippen LogP contribution < -0.4 is 10.1 Å². The van der Waals surface area contributed by atoms with Crippen LogP contribution in [0.2, 0.25) is 5.02 Å². The van der Waals surface area contributed by atoms with Gasteiger partial charge in [0.15, 0.2) is 6.61 Å². The smallest absolute Gasteiger partial charge is 0.331 e. The molecule has 0 spiro atoms. The number of carbonyl (C=O) groups excluding carboxylic acids is 2. The third-order valence-electron chi connectivity index (χ3n) is 2.88. The molecular formula is C17H15ClN2O4. The van der Waals surface area contributed by atoms with Gasteiger partial charge in [0.05, 0.1) is 12.1 Å². The van der Waals surface area contributed by atoms with E-state index in [-0.39, 0.29) is 0 Å². The minimum Gasteiger partial charge on any atom is -0.496 e. The molecular weight excluding hydrogens is 332 g/mol. The van der Waals surface area contributed by atoms with Crippen LogP contribution in [0.4, 0.5) is 5.82 Å².